The van der Waals surface area contributed by atoms with Crippen LogP contribution in [0.15, 0.2) is 77.4 Å². The fourth-order valence-electron chi connectivity index (χ4n) is 4.41. The SMILES string of the molecule is COc1ccc(CCN2C(=O)C(C#N)=C(C)/C(=C\c3ccc(OCc4ccc(Cl)cc4)c(OC)c3)C2=O)cc1OC. The average molecular weight is 573 g/mol. The van der Waals surface area contributed by atoms with Crippen LogP contribution in [0.2, 0.25) is 5.02 Å². The molecule has 0 spiro atoms. The molecule has 0 bridgehead atoms. The third-order valence-electron chi connectivity index (χ3n) is 6.70. The van der Waals surface area contributed by atoms with E-state index in [2.05, 4.69) is 0 Å². The molecular weight excluding hydrogens is 544 g/mol. The second-order valence-electron chi connectivity index (χ2n) is 9.20. The summed E-state index contributed by atoms with van der Waals surface area (Å²) < 4.78 is 22.1. The monoisotopic (exact) mass is 572 g/mol. The van der Waals surface area contributed by atoms with E-state index in [0.717, 1.165) is 16.0 Å². The Bertz CT molecular complexity index is 1570. The van der Waals surface area contributed by atoms with Gasteiger partial charge in [-0.2, -0.15) is 5.26 Å². The fourth-order valence-corrected chi connectivity index (χ4v) is 4.54. The van der Waals surface area contributed by atoms with Crippen molar-refractivity contribution in [2.24, 2.45) is 0 Å². The molecule has 3 aromatic rings. The Morgan fingerprint density at radius 3 is 2.12 bits per heavy atom. The second-order valence-corrected chi connectivity index (χ2v) is 9.63. The van der Waals surface area contributed by atoms with E-state index in [1.165, 1.54) is 14.2 Å². The first-order valence-electron chi connectivity index (χ1n) is 12.7. The van der Waals surface area contributed by atoms with E-state index in [1.54, 1.807) is 62.6 Å². The number of rotatable bonds is 10. The van der Waals surface area contributed by atoms with Crippen molar-refractivity contribution in [1.29, 1.82) is 5.26 Å². The molecule has 1 aliphatic heterocycles. The van der Waals surface area contributed by atoms with Gasteiger partial charge in [0.15, 0.2) is 23.0 Å². The zero-order chi connectivity index (χ0) is 29.5. The lowest BCUT2D eigenvalue weighted by Crippen LogP contribution is -2.43. The summed E-state index contributed by atoms with van der Waals surface area (Å²) in [5.41, 5.74) is 2.95. The molecule has 8 nitrogen and oxygen atoms in total. The molecule has 0 unspecified atom stereocenters. The Labute approximate surface area is 244 Å². The highest BCUT2D eigenvalue weighted by atomic mass is 35.5. The number of amides is 2. The highest BCUT2D eigenvalue weighted by Crippen LogP contribution is 2.33. The topological polar surface area (TPSA) is 98.1 Å². The molecule has 0 atom stereocenters. The smallest absolute Gasteiger partial charge is 0.271 e. The van der Waals surface area contributed by atoms with Crippen molar-refractivity contribution in [1.82, 2.24) is 4.90 Å². The number of imide groups is 1. The van der Waals surface area contributed by atoms with Crippen molar-refractivity contribution < 1.29 is 28.5 Å². The molecule has 1 heterocycles. The van der Waals surface area contributed by atoms with E-state index in [-0.39, 0.29) is 17.7 Å². The lowest BCUT2D eigenvalue weighted by Gasteiger charge is -2.27. The molecule has 210 valence electrons. The Balaban J connectivity index is 1.58. The highest BCUT2D eigenvalue weighted by Gasteiger charge is 2.35. The summed E-state index contributed by atoms with van der Waals surface area (Å²) in [6.45, 7) is 2.01. The number of carbonyl (C=O) groups is 2. The lowest BCUT2D eigenvalue weighted by atomic mass is 9.93. The van der Waals surface area contributed by atoms with Crippen LogP contribution in [0, 0.1) is 11.3 Å². The van der Waals surface area contributed by atoms with Crippen molar-refractivity contribution in [3.05, 3.63) is 99.1 Å². The minimum atomic E-state index is -0.615. The standard InChI is InChI=1S/C32H29ClN2O6/c1-20-25(15-23-8-12-28(30(17-23)40-4)41-19-22-5-9-24(33)10-6-22)31(36)35(32(37)26(20)18-34)14-13-21-7-11-27(38-2)29(16-21)39-3/h5-12,15-17H,13-14,19H2,1-4H3/b25-15+. The number of hydrogen-bond donors (Lipinski definition) is 0. The molecular formula is C32H29ClN2O6. The van der Waals surface area contributed by atoms with E-state index in [4.69, 9.17) is 30.5 Å². The molecule has 4 rings (SSSR count). The summed E-state index contributed by atoms with van der Waals surface area (Å²) in [5.74, 6) is 1.03. The molecule has 1 aliphatic rings. The first-order valence-corrected chi connectivity index (χ1v) is 13.1. The maximum absolute atomic E-state index is 13.5. The Morgan fingerprint density at radius 2 is 1.46 bits per heavy atom. The van der Waals surface area contributed by atoms with Crippen molar-refractivity contribution >= 4 is 29.5 Å². The van der Waals surface area contributed by atoms with Gasteiger partial charge in [0.1, 0.15) is 18.2 Å². The van der Waals surface area contributed by atoms with Gasteiger partial charge in [0, 0.05) is 17.1 Å². The van der Waals surface area contributed by atoms with Gasteiger partial charge >= 0.3 is 0 Å². The van der Waals surface area contributed by atoms with Crippen LogP contribution >= 0.6 is 11.6 Å². The Morgan fingerprint density at radius 1 is 0.829 bits per heavy atom. The average Bonchev–Trinajstić information content (AvgIpc) is 2.99. The predicted octanol–water partition coefficient (Wildman–Crippen LogP) is 5.78. The minimum Gasteiger partial charge on any atom is -0.493 e. The summed E-state index contributed by atoms with van der Waals surface area (Å²) in [6.07, 6.45) is 2.02. The Hall–Kier alpha value is -4.74. The first kappa shape index (κ1) is 29.2. The summed E-state index contributed by atoms with van der Waals surface area (Å²) in [7, 11) is 4.61. The fraction of sp³-hybridized carbons (Fsp3) is 0.219. The third kappa shape index (κ3) is 6.53. The lowest BCUT2D eigenvalue weighted by molar-refractivity contribution is -0.140. The number of carbonyl (C=O) groups excluding carboxylic acids is 2. The molecule has 0 fully saturated rings. The number of nitrogens with zero attached hydrogens (tertiary/aromatic N) is 2. The van der Waals surface area contributed by atoms with Crippen LogP contribution in [0.3, 0.4) is 0 Å². The van der Waals surface area contributed by atoms with E-state index >= 15 is 0 Å². The number of ether oxygens (including phenoxy) is 4. The van der Waals surface area contributed by atoms with Gasteiger partial charge in [0.05, 0.1) is 21.3 Å². The maximum atomic E-state index is 13.5. The van der Waals surface area contributed by atoms with Crippen LogP contribution in [0.5, 0.6) is 23.0 Å². The van der Waals surface area contributed by atoms with Gasteiger partial charge in [-0.3, -0.25) is 14.5 Å². The van der Waals surface area contributed by atoms with Crippen molar-refractivity contribution in [2.45, 2.75) is 20.0 Å². The molecule has 3 aromatic carbocycles. The Kier molecular flexibility index (Phi) is 9.33. The largest absolute Gasteiger partial charge is 0.493 e. The number of halogens is 1. The van der Waals surface area contributed by atoms with Crippen molar-refractivity contribution in [3.63, 3.8) is 0 Å². The van der Waals surface area contributed by atoms with E-state index < -0.39 is 11.8 Å². The van der Waals surface area contributed by atoms with Gasteiger partial charge in [-0.1, -0.05) is 35.9 Å². The number of methoxy groups -OCH3 is 3. The molecule has 0 radical (unpaired) electrons. The van der Waals surface area contributed by atoms with E-state index in [0.29, 0.717) is 52.2 Å². The first-order chi connectivity index (χ1) is 19.8. The van der Waals surface area contributed by atoms with Gasteiger partial charge in [-0.15, -0.1) is 0 Å². The van der Waals surface area contributed by atoms with Gasteiger partial charge in [-0.05, 0) is 78.1 Å². The van der Waals surface area contributed by atoms with Crippen molar-refractivity contribution in [3.8, 4) is 29.1 Å². The quantitative estimate of drug-likeness (QED) is 0.224. The summed E-state index contributed by atoms with van der Waals surface area (Å²) in [5, 5.41) is 10.4. The summed E-state index contributed by atoms with van der Waals surface area (Å²) >= 11 is 5.96. The summed E-state index contributed by atoms with van der Waals surface area (Å²) in [4.78, 5) is 27.7. The molecule has 41 heavy (non-hydrogen) atoms. The van der Waals surface area contributed by atoms with Crippen molar-refractivity contribution in [2.75, 3.05) is 27.9 Å². The zero-order valence-electron chi connectivity index (χ0n) is 23.2. The normalized spacial score (nSPS) is 14.2. The molecule has 0 aliphatic carbocycles. The van der Waals surface area contributed by atoms with Gasteiger partial charge in [0.25, 0.3) is 11.8 Å². The third-order valence-corrected chi connectivity index (χ3v) is 6.96. The van der Waals surface area contributed by atoms with Gasteiger partial charge in [0.2, 0.25) is 0 Å². The zero-order valence-corrected chi connectivity index (χ0v) is 23.9. The predicted molar refractivity (Wildman–Crippen MR) is 155 cm³/mol. The molecule has 9 heteroatoms. The maximum Gasteiger partial charge on any atom is 0.271 e. The molecule has 0 N–H and O–H groups in total. The van der Waals surface area contributed by atoms with Crippen LogP contribution in [0.25, 0.3) is 6.08 Å². The highest BCUT2D eigenvalue weighted by molar-refractivity contribution is 6.30. The van der Waals surface area contributed by atoms with Crippen LogP contribution in [0.1, 0.15) is 23.6 Å². The molecule has 0 aromatic heterocycles. The van der Waals surface area contributed by atoms with Crippen LogP contribution in [-0.4, -0.2) is 44.6 Å². The second kappa shape index (κ2) is 13.1. The summed E-state index contributed by atoms with van der Waals surface area (Å²) in [6, 6.07) is 20.0. The van der Waals surface area contributed by atoms with Crippen LogP contribution < -0.4 is 18.9 Å². The molecule has 0 saturated heterocycles. The van der Waals surface area contributed by atoms with Gasteiger partial charge in [-0.25, -0.2) is 0 Å². The van der Waals surface area contributed by atoms with Crippen LogP contribution in [-0.2, 0) is 22.6 Å². The number of benzene rings is 3. The number of nitriles is 1. The van der Waals surface area contributed by atoms with Gasteiger partial charge < -0.3 is 18.9 Å². The van der Waals surface area contributed by atoms with Crippen LogP contribution in [0.4, 0.5) is 0 Å². The van der Waals surface area contributed by atoms with E-state index in [1.807, 2.05) is 24.3 Å². The number of hydrogen-bond acceptors (Lipinski definition) is 7. The molecule has 2 amide bonds. The van der Waals surface area contributed by atoms with E-state index in [9.17, 15) is 14.9 Å². The minimum absolute atomic E-state index is 0.0713. The molecule has 0 saturated carbocycles.